The van der Waals surface area contributed by atoms with E-state index in [9.17, 15) is 4.39 Å². The fourth-order valence-corrected chi connectivity index (χ4v) is 2.28. The first-order valence-corrected chi connectivity index (χ1v) is 6.54. The maximum Gasteiger partial charge on any atom is 0.143 e. The van der Waals surface area contributed by atoms with Crippen LogP contribution in [0, 0.1) is 17.1 Å². The van der Waals surface area contributed by atoms with Gasteiger partial charge in [0.25, 0.3) is 0 Å². The molecule has 0 heterocycles. The number of nitrogens with zero attached hydrogens (tertiary/aromatic N) is 2. The average Bonchev–Trinajstić information content (AvgIpc) is 2.38. The molecule has 2 nitrogen and oxygen atoms in total. The highest BCUT2D eigenvalue weighted by Crippen LogP contribution is 2.20. The van der Waals surface area contributed by atoms with Gasteiger partial charge in [0.05, 0.1) is 5.56 Å². The quantitative estimate of drug-likeness (QED) is 0.852. The van der Waals surface area contributed by atoms with Gasteiger partial charge in [-0.3, -0.25) is 0 Å². The lowest BCUT2D eigenvalue weighted by Gasteiger charge is -2.19. The van der Waals surface area contributed by atoms with E-state index in [0.29, 0.717) is 6.54 Å². The van der Waals surface area contributed by atoms with E-state index in [1.807, 2.05) is 42.3 Å². The summed E-state index contributed by atoms with van der Waals surface area (Å²) in [6, 6.07) is 14.4. The highest BCUT2D eigenvalue weighted by Gasteiger charge is 2.07. The van der Waals surface area contributed by atoms with Crippen molar-refractivity contribution in [2.45, 2.75) is 6.54 Å². The molecule has 0 aromatic heterocycles. The maximum absolute atomic E-state index is 13.6. The molecule has 0 saturated heterocycles. The molecule has 0 N–H and O–H groups in total. The zero-order valence-corrected chi connectivity index (χ0v) is 12.0. The minimum atomic E-state index is -0.485. The molecule has 0 atom stereocenters. The third kappa shape index (κ3) is 3.33. The molecule has 2 aromatic carbocycles. The minimum absolute atomic E-state index is 0.0691. The van der Waals surface area contributed by atoms with Crippen LogP contribution in [0.15, 0.2) is 46.9 Å². The van der Waals surface area contributed by atoms with E-state index in [0.717, 1.165) is 15.7 Å². The number of hydrogen-bond acceptors (Lipinski definition) is 2. The van der Waals surface area contributed by atoms with Crippen LogP contribution in [0.5, 0.6) is 0 Å². The predicted octanol–water partition coefficient (Wildman–Crippen LogP) is 4.10. The number of nitriles is 1. The van der Waals surface area contributed by atoms with Crippen LogP contribution >= 0.6 is 15.9 Å². The second kappa shape index (κ2) is 5.85. The van der Waals surface area contributed by atoms with Crippen molar-refractivity contribution in [3.05, 3.63) is 63.9 Å². The molecule has 0 amide bonds. The number of hydrogen-bond donors (Lipinski definition) is 0. The number of anilines is 1. The van der Waals surface area contributed by atoms with Gasteiger partial charge in [-0.05, 0) is 35.9 Å². The Morgan fingerprint density at radius 1 is 1.26 bits per heavy atom. The Balaban J connectivity index is 2.18. The molecular formula is C15H12BrFN2. The van der Waals surface area contributed by atoms with Gasteiger partial charge in [0.2, 0.25) is 0 Å². The van der Waals surface area contributed by atoms with Crippen LogP contribution in [0.1, 0.15) is 11.1 Å². The van der Waals surface area contributed by atoms with Gasteiger partial charge in [-0.15, -0.1) is 0 Å². The fraction of sp³-hybridized carbons (Fsp3) is 0.133. The Morgan fingerprint density at radius 3 is 2.68 bits per heavy atom. The fourth-order valence-electron chi connectivity index (χ4n) is 1.83. The molecular weight excluding hydrogens is 307 g/mol. The lowest BCUT2D eigenvalue weighted by atomic mass is 10.1. The van der Waals surface area contributed by atoms with Gasteiger partial charge in [-0.25, -0.2) is 4.39 Å². The minimum Gasteiger partial charge on any atom is -0.370 e. The van der Waals surface area contributed by atoms with Gasteiger partial charge in [-0.2, -0.15) is 5.26 Å². The van der Waals surface area contributed by atoms with Gasteiger partial charge >= 0.3 is 0 Å². The number of halogens is 2. The van der Waals surface area contributed by atoms with Gasteiger partial charge < -0.3 is 4.90 Å². The number of rotatable bonds is 3. The van der Waals surface area contributed by atoms with Crippen molar-refractivity contribution < 1.29 is 4.39 Å². The van der Waals surface area contributed by atoms with Crippen molar-refractivity contribution >= 4 is 21.6 Å². The van der Waals surface area contributed by atoms with Crippen LogP contribution in [0.25, 0.3) is 0 Å². The topological polar surface area (TPSA) is 27.0 Å². The zero-order valence-electron chi connectivity index (χ0n) is 10.4. The van der Waals surface area contributed by atoms with Gasteiger partial charge in [0.15, 0.2) is 0 Å². The molecule has 2 rings (SSSR count). The summed E-state index contributed by atoms with van der Waals surface area (Å²) in [4.78, 5) is 1.94. The van der Waals surface area contributed by atoms with Crippen molar-refractivity contribution in [1.29, 1.82) is 5.26 Å². The summed E-state index contributed by atoms with van der Waals surface area (Å²) in [7, 11) is 1.89. The maximum atomic E-state index is 13.6. The number of benzene rings is 2. The molecule has 19 heavy (non-hydrogen) atoms. The molecule has 4 heteroatoms. The molecule has 96 valence electrons. The Kier molecular flexibility index (Phi) is 4.18. The van der Waals surface area contributed by atoms with Crippen LogP contribution in [0.2, 0.25) is 0 Å². The van der Waals surface area contributed by atoms with E-state index in [-0.39, 0.29) is 5.56 Å². The zero-order chi connectivity index (χ0) is 13.8. The summed E-state index contributed by atoms with van der Waals surface area (Å²) in [5.41, 5.74) is 1.94. The summed E-state index contributed by atoms with van der Waals surface area (Å²) < 4.78 is 14.6. The first-order valence-electron chi connectivity index (χ1n) is 5.75. The van der Waals surface area contributed by atoms with Gasteiger partial charge in [0.1, 0.15) is 11.9 Å². The van der Waals surface area contributed by atoms with Gasteiger partial charge in [0, 0.05) is 23.8 Å². The highest BCUT2D eigenvalue weighted by molar-refractivity contribution is 9.10. The van der Waals surface area contributed by atoms with Crippen LogP contribution in [0.3, 0.4) is 0 Å². The molecule has 0 saturated carbocycles. The largest absolute Gasteiger partial charge is 0.370 e. The van der Waals surface area contributed by atoms with E-state index in [1.54, 1.807) is 6.07 Å². The molecule has 0 aliphatic carbocycles. The van der Waals surface area contributed by atoms with E-state index >= 15 is 0 Å². The molecule has 0 spiro atoms. The first kappa shape index (κ1) is 13.6. The summed E-state index contributed by atoms with van der Waals surface area (Å²) >= 11 is 3.42. The standard InChI is InChI=1S/C15H12BrFN2/c1-19(10-11-3-2-4-13(16)7-11)14-6-5-12(9-18)15(17)8-14/h2-8H,10H2,1H3. The molecule has 0 aliphatic heterocycles. The van der Waals surface area contributed by atoms with E-state index in [1.165, 1.54) is 12.1 Å². The second-order valence-corrected chi connectivity index (χ2v) is 5.18. The lowest BCUT2D eigenvalue weighted by molar-refractivity contribution is 0.623. The predicted molar refractivity (Wildman–Crippen MR) is 77.4 cm³/mol. The summed E-state index contributed by atoms with van der Waals surface area (Å²) in [6.07, 6.45) is 0. The molecule has 2 aromatic rings. The molecule has 0 unspecified atom stereocenters. The van der Waals surface area contributed by atoms with Crippen molar-refractivity contribution in [2.75, 3.05) is 11.9 Å². The molecule has 0 bridgehead atoms. The Bertz CT molecular complexity index is 634. The second-order valence-electron chi connectivity index (χ2n) is 4.26. The van der Waals surface area contributed by atoms with E-state index in [4.69, 9.17) is 5.26 Å². The summed E-state index contributed by atoms with van der Waals surface area (Å²) in [5, 5.41) is 8.70. The molecule has 0 fully saturated rings. The normalized spacial score (nSPS) is 10.0. The van der Waals surface area contributed by atoms with Crippen LogP contribution in [-0.4, -0.2) is 7.05 Å². The van der Waals surface area contributed by atoms with Crippen molar-refractivity contribution in [3.8, 4) is 6.07 Å². The lowest BCUT2D eigenvalue weighted by Crippen LogP contribution is -2.16. The Morgan fingerprint density at radius 2 is 2.05 bits per heavy atom. The highest BCUT2D eigenvalue weighted by atomic mass is 79.9. The third-order valence-electron chi connectivity index (χ3n) is 2.82. The smallest absolute Gasteiger partial charge is 0.143 e. The van der Waals surface area contributed by atoms with Crippen LogP contribution in [0.4, 0.5) is 10.1 Å². The van der Waals surface area contributed by atoms with Crippen molar-refractivity contribution in [2.24, 2.45) is 0 Å². The monoisotopic (exact) mass is 318 g/mol. The van der Waals surface area contributed by atoms with Crippen LogP contribution in [-0.2, 0) is 6.54 Å². The van der Waals surface area contributed by atoms with Crippen molar-refractivity contribution in [3.63, 3.8) is 0 Å². The van der Waals surface area contributed by atoms with E-state index in [2.05, 4.69) is 15.9 Å². The molecule has 0 aliphatic rings. The van der Waals surface area contributed by atoms with E-state index < -0.39 is 5.82 Å². The van der Waals surface area contributed by atoms with Crippen molar-refractivity contribution in [1.82, 2.24) is 0 Å². The summed E-state index contributed by atoms with van der Waals surface area (Å²) in [6.45, 7) is 0.671. The Labute approximate surface area is 120 Å². The summed E-state index contributed by atoms with van der Waals surface area (Å²) in [5.74, 6) is -0.485. The molecule has 0 radical (unpaired) electrons. The first-order chi connectivity index (χ1) is 9.10. The average molecular weight is 319 g/mol. The van der Waals surface area contributed by atoms with Crippen LogP contribution < -0.4 is 4.90 Å². The van der Waals surface area contributed by atoms with Gasteiger partial charge in [-0.1, -0.05) is 28.1 Å². The third-order valence-corrected chi connectivity index (χ3v) is 3.32. The Hall–Kier alpha value is -1.86. The SMILES string of the molecule is CN(Cc1cccc(Br)c1)c1ccc(C#N)c(F)c1.